The van der Waals surface area contributed by atoms with Crippen LogP contribution in [0.2, 0.25) is 0 Å². The maximum atomic E-state index is 12.4. The second-order valence-corrected chi connectivity index (χ2v) is 7.01. The van der Waals surface area contributed by atoms with E-state index in [9.17, 15) is 13.2 Å². The highest BCUT2D eigenvalue weighted by Gasteiger charge is 2.36. The maximum absolute atomic E-state index is 12.4. The van der Waals surface area contributed by atoms with Gasteiger partial charge in [-0.1, -0.05) is 12.8 Å². The lowest BCUT2D eigenvalue weighted by atomic mass is 10.2. The standard InChI is InChI=1S/C11H23N3O3S/c1-9(2)13(3)18(16,17)14(8-11(12)15)10-6-4-5-7-10/h9-10H,4-8H2,1-3H3,(H2,12,15). The third-order valence-corrected chi connectivity index (χ3v) is 5.60. The van der Waals surface area contributed by atoms with Crippen molar-refractivity contribution < 1.29 is 13.2 Å². The van der Waals surface area contributed by atoms with E-state index in [0.29, 0.717) is 0 Å². The van der Waals surface area contributed by atoms with Crippen LogP contribution in [0.4, 0.5) is 0 Å². The van der Waals surface area contributed by atoms with Crippen LogP contribution in [0.1, 0.15) is 39.5 Å². The molecule has 0 heterocycles. The summed E-state index contributed by atoms with van der Waals surface area (Å²) in [4.78, 5) is 11.1. The fourth-order valence-corrected chi connectivity index (χ4v) is 3.92. The van der Waals surface area contributed by atoms with Gasteiger partial charge in [0.15, 0.2) is 0 Å². The van der Waals surface area contributed by atoms with Gasteiger partial charge in [0.05, 0.1) is 6.54 Å². The van der Waals surface area contributed by atoms with E-state index in [1.54, 1.807) is 13.8 Å². The molecule has 1 rings (SSSR count). The number of carbonyl (C=O) groups excluding carboxylic acids is 1. The molecule has 0 saturated heterocycles. The normalized spacial score (nSPS) is 18.1. The van der Waals surface area contributed by atoms with Crippen LogP contribution >= 0.6 is 0 Å². The number of nitrogens with zero attached hydrogens (tertiary/aromatic N) is 2. The lowest BCUT2D eigenvalue weighted by Crippen LogP contribution is -2.51. The highest BCUT2D eigenvalue weighted by molar-refractivity contribution is 7.86. The lowest BCUT2D eigenvalue weighted by molar-refractivity contribution is -0.118. The summed E-state index contributed by atoms with van der Waals surface area (Å²) in [5.74, 6) is -0.609. The van der Waals surface area contributed by atoms with Gasteiger partial charge in [-0.3, -0.25) is 4.79 Å². The Morgan fingerprint density at radius 2 is 1.83 bits per heavy atom. The molecule has 106 valence electrons. The molecule has 1 amide bonds. The number of carbonyl (C=O) groups is 1. The smallest absolute Gasteiger partial charge is 0.282 e. The largest absolute Gasteiger partial charge is 0.369 e. The highest BCUT2D eigenvalue weighted by atomic mass is 32.2. The van der Waals surface area contributed by atoms with Gasteiger partial charge in [0, 0.05) is 19.1 Å². The first-order valence-corrected chi connectivity index (χ1v) is 7.69. The van der Waals surface area contributed by atoms with Gasteiger partial charge < -0.3 is 5.73 Å². The Morgan fingerprint density at radius 3 is 2.22 bits per heavy atom. The van der Waals surface area contributed by atoms with Gasteiger partial charge in [-0.25, -0.2) is 0 Å². The van der Waals surface area contributed by atoms with E-state index < -0.39 is 16.1 Å². The molecule has 0 aromatic carbocycles. The molecule has 0 aliphatic heterocycles. The first-order chi connectivity index (χ1) is 8.26. The Morgan fingerprint density at radius 1 is 1.33 bits per heavy atom. The predicted octanol–water partition coefficient (Wildman–Crippen LogP) is 0.301. The minimum atomic E-state index is -3.61. The van der Waals surface area contributed by atoms with Gasteiger partial charge in [0.25, 0.3) is 10.2 Å². The van der Waals surface area contributed by atoms with Gasteiger partial charge >= 0.3 is 0 Å². The zero-order valence-corrected chi connectivity index (χ0v) is 12.1. The minimum Gasteiger partial charge on any atom is -0.369 e. The van der Waals surface area contributed by atoms with Crippen molar-refractivity contribution in [3.8, 4) is 0 Å². The molecule has 1 aliphatic rings. The predicted molar refractivity (Wildman–Crippen MR) is 70.0 cm³/mol. The molecule has 1 fully saturated rings. The summed E-state index contributed by atoms with van der Waals surface area (Å²) < 4.78 is 27.4. The van der Waals surface area contributed by atoms with Gasteiger partial charge in [0.1, 0.15) is 0 Å². The molecule has 0 aromatic heterocycles. The van der Waals surface area contributed by atoms with E-state index in [0.717, 1.165) is 25.7 Å². The SMILES string of the molecule is CC(C)N(C)S(=O)(=O)N(CC(N)=O)C1CCCC1. The minimum absolute atomic E-state index is 0.0938. The van der Waals surface area contributed by atoms with Crippen molar-refractivity contribution >= 4 is 16.1 Å². The Kier molecular flexibility index (Phi) is 5.12. The first kappa shape index (κ1) is 15.4. The average Bonchev–Trinajstić information content (AvgIpc) is 2.77. The highest BCUT2D eigenvalue weighted by Crippen LogP contribution is 2.26. The average molecular weight is 277 g/mol. The van der Waals surface area contributed by atoms with Crippen molar-refractivity contribution in [2.45, 2.75) is 51.6 Å². The zero-order valence-electron chi connectivity index (χ0n) is 11.3. The Labute approximate surface area is 109 Å². The quantitative estimate of drug-likeness (QED) is 0.758. The number of nitrogens with two attached hydrogens (primary N) is 1. The number of rotatable bonds is 6. The van der Waals surface area contributed by atoms with Gasteiger partial charge in [-0.15, -0.1) is 0 Å². The van der Waals surface area contributed by atoms with Crippen molar-refractivity contribution in [1.29, 1.82) is 0 Å². The van der Waals surface area contributed by atoms with Crippen LogP contribution in [0.15, 0.2) is 0 Å². The van der Waals surface area contributed by atoms with Crippen LogP contribution < -0.4 is 5.73 Å². The van der Waals surface area contributed by atoms with Crippen molar-refractivity contribution in [3.05, 3.63) is 0 Å². The van der Waals surface area contributed by atoms with E-state index in [-0.39, 0.29) is 18.6 Å². The molecular weight excluding hydrogens is 254 g/mol. The summed E-state index contributed by atoms with van der Waals surface area (Å²) >= 11 is 0. The molecule has 2 N–H and O–H groups in total. The Balaban J connectivity index is 2.97. The van der Waals surface area contributed by atoms with Gasteiger partial charge in [-0.05, 0) is 26.7 Å². The lowest BCUT2D eigenvalue weighted by Gasteiger charge is -2.32. The van der Waals surface area contributed by atoms with Crippen LogP contribution in [-0.4, -0.2) is 48.6 Å². The third-order valence-electron chi connectivity index (χ3n) is 3.43. The summed E-state index contributed by atoms with van der Waals surface area (Å²) in [5, 5.41) is 0. The molecule has 0 atom stereocenters. The maximum Gasteiger partial charge on any atom is 0.282 e. The van der Waals surface area contributed by atoms with Crippen LogP contribution in [-0.2, 0) is 15.0 Å². The summed E-state index contributed by atoms with van der Waals surface area (Å²) in [5.41, 5.74) is 5.17. The Hall–Kier alpha value is -0.660. The summed E-state index contributed by atoms with van der Waals surface area (Å²) in [7, 11) is -2.08. The molecule has 7 heteroatoms. The fourth-order valence-electron chi connectivity index (χ4n) is 2.18. The van der Waals surface area contributed by atoms with Gasteiger partial charge in [-0.2, -0.15) is 17.0 Å². The van der Waals surface area contributed by atoms with Gasteiger partial charge in [0.2, 0.25) is 5.91 Å². The Bertz CT molecular complexity index is 388. The number of primary amides is 1. The third kappa shape index (κ3) is 3.43. The molecule has 0 aromatic rings. The topological polar surface area (TPSA) is 83.7 Å². The van der Waals surface area contributed by atoms with Crippen molar-refractivity contribution in [1.82, 2.24) is 8.61 Å². The zero-order chi connectivity index (χ0) is 13.9. The first-order valence-electron chi connectivity index (χ1n) is 6.30. The van der Waals surface area contributed by atoms with Crippen LogP contribution in [0.5, 0.6) is 0 Å². The van der Waals surface area contributed by atoms with Crippen LogP contribution in [0.25, 0.3) is 0 Å². The van der Waals surface area contributed by atoms with E-state index in [1.807, 2.05) is 0 Å². The second-order valence-electron chi connectivity index (χ2n) is 5.07. The molecule has 1 saturated carbocycles. The van der Waals surface area contributed by atoms with E-state index in [4.69, 9.17) is 5.73 Å². The van der Waals surface area contributed by atoms with E-state index in [1.165, 1.54) is 15.7 Å². The van der Waals surface area contributed by atoms with Crippen molar-refractivity contribution in [2.24, 2.45) is 5.73 Å². The van der Waals surface area contributed by atoms with E-state index >= 15 is 0 Å². The van der Waals surface area contributed by atoms with Crippen molar-refractivity contribution in [2.75, 3.05) is 13.6 Å². The molecule has 0 radical (unpaired) electrons. The summed E-state index contributed by atoms with van der Waals surface area (Å²) in [6.07, 6.45) is 3.61. The molecule has 0 unspecified atom stereocenters. The van der Waals surface area contributed by atoms with Crippen LogP contribution in [0.3, 0.4) is 0 Å². The molecule has 1 aliphatic carbocycles. The molecular formula is C11H23N3O3S. The fraction of sp³-hybridized carbons (Fsp3) is 0.909. The molecule has 18 heavy (non-hydrogen) atoms. The second kappa shape index (κ2) is 5.99. The van der Waals surface area contributed by atoms with E-state index in [2.05, 4.69) is 0 Å². The molecule has 0 bridgehead atoms. The molecule has 0 spiro atoms. The number of hydrogen-bond donors (Lipinski definition) is 1. The summed E-state index contributed by atoms with van der Waals surface area (Å²) in [6, 6.07) is -0.240. The number of hydrogen-bond acceptors (Lipinski definition) is 3. The summed E-state index contributed by atoms with van der Waals surface area (Å²) in [6.45, 7) is 3.37. The monoisotopic (exact) mass is 277 g/mol. The van der Waals surface area contributed by atoms with Crippen molar-refractivity contribution in [3.63, 3.8) is 0 Å². The van der Waals surface area contributed by atoms with Crippen LogP contribution in [0, 0.1) is 0 Å². The molecule has 6 nitrogen and oxygen atoms in total. The number of amides is 1.